The molecule has 0 aromatic rings. The van der Waals surface area contributed by atoms with Crippen molar-refractivity contribution < 1.29 is 33.9 Å². The van der Waals surface area contributed by atoms with Crippen molar-refractivity contribution in [3.05, 3.63) is 0 Å². The first-order valence-corrected chi connectivity index (χ1v) is 14.2. The number of nitrogens with two attached hydrogens (primary N) is 1. The Bertz CT molecular complexity index is 899. The third-order valence-corrected chi connectivity index (χ3v) is 6.42. The SMILES string of the molecule is CC(=O)SCC(CC(C)C)C(=O)NCC(=O)NCC(=O)N[C@@H](CC(C)C)C(=O)N[C@@H](CCCNC(=N)N)C(=O)O. The zero-order chi connectivity index (χ0) is 30.8. The summed E-state index contributed by atoms with van der Waals surface area (Å²) in [5, 5.41) is 28.9. The molecule has 3 atom stereocenters. The van der Waals surface area contributed by atoms with E-state index in [9.17, 15) is 33.9 Å². The number of hydrogen-bond donors (Lipinski definition) is 8. The topological polar surface area (TPSA) is 233 Å². The average Bonchev–Trinajstić information content (AvgIpc) is 2.84. The predicted molar refractivity (Wildman–Crippen MR) is 152 cm³/mol. The number of hydrogen-bond acceptors (Lipinski definition) is 8. The van der Waals surface area contributed by atoms with E-state index in [1.165, 1.54) is 6.92 Å². The van der Waals surface area contributed by atoms with E-state index in [2.05, 4.69) is 26.6 Å². The van der Waals surface area contributed by atoms with Gasteiger partial charge in [0, 0.05) is 25.1 Å². The van der Waals surface area contributed by atoms with Crippen LogP contribution >= 0.6 is 11.8 Å². The first kappa shape index (κ1) is 36.6. The molecule has 0 radical (unpaired) electrons. The van der Waals surface area contributed by atoms with Crippen LogP contribution in [0.3, 0.4) is 0 Å². The van der Waals surface area contributed by atoms with Crippen LogP contribution in [0.1, 0.15) is 60.3 Å². The monoisotopic (exact) mass is 587 g/mol. The summed E-state index contributed by atoms with van der Waals surface area (Å²) in [5.41, 5.74) is 5.19. The zero-order valence-electron chi connectivity index (χ0n) is 23.9. The van der Waals surface area contributed by atoms with E-state index in [0.717, 1.165) is 11.8 Å². The van der Waals surface area contributed by atoms with Crippen LogP contribution in [0.2, 0.25) is 0 Å². The van der Waals surface area contributed by atoms with Crippen LogP contribution in [0.5, 0.6) is 0 Å². The number of carbonyl (C=O) groups excluding carboxylic acids is 5. The number of thioether (sulfide) groups is 1. The molecule has 0 aliphatic carbocycles. The smallest absolute Gasteiger partial charge is 0.326 e. The Morgan fingerprint density at radius 1 is 0.825 bits per heavy atom. The van der Waals surface area contributed by atoms with Gasteiger partial charge >= 0.3 is 5.97 Å². The molecule has 228 valence electrons. The number of carbonyl (C=O) groups is 6. The van der Waals surface area contributed by atoms with Crippen LogP contribution in [0.4, 0.5) is 0 Å². The van der Waals surface area contributed by atoms with Gasteiger partial charge in [-0.1, -0.05) is 39.5 Å². The number of carboxylic acids is 1. The van der Waals surface area contributed by atoms with E-state index in [-0.39, 0.29) is 54.7 Å². The highest BCUT2D eigenvalue weighted by atomic mass is 32.2. The van der Waals surface area contributed by atoms with Gasteiger partial charge in [0.2, 0.25) is 23.6 Å². The summed E-state index contributed by atoms with van der Waals surface area (Å²) in [6.07, 6.45) is 1.19. The quantitative estimate of drug-likeness (QED) is 0.0549. The van der Waals surface area contributed by atoms with E-state index in [4.69, 9.17) is 11.1 Å². The lowest BCUT2D eigenvalue weighted by Crippen LogP contribution is -2.53. The summed E-state index contributed by atoms with van der Waals surface area (Å²) in [6, 6.07) is -2.23. The molecule has 9 N–H and O–H groups in total. The molecular weight excluding hydrogens is 542 g/mol. The molecule has 0 aromatic heterocycles. The summed E-state index contributed by atoms with van der Waals surface area (Å²) >= 11 is 1.05. The molecular formula is C25H45N7O7S. The Labute approximate surface area is 239 Å². The lowest BCUT2D eigenvalue weighted by atomic mass is 9.98. The first-order valence-electron chi connectivity index (χ1n) is 13.2. The number of nitrogens with one attached hydrogen (secondary N) is 6. The maximum absolute atomic E-state index is 12.8. The normalized spacial score (nSPS) is 13.1. The summed E-state index contributed by atoms with van der Waals surface area (Å²) in [5.74, 6) is -3.72. The summed E-state index contributed by atoms with van der Waals surface area (Å²) in [6.45, 7) is 8.44. The fraction of sp³-hybridized carbons (Fsp3) is 0.720. The Kier molecular flexibility index (Phi) is 18.0. The molecule has 0 saturated carbocycles. The van der Waals surface area contributed by atoms with Crippen LogP contribution in [-0.2, 0) is 28.8 Å². The van der Waals surface area contributed by atoms with E-state index >= 15 is 0 Å². The second-order valence-corrected chi connectivity index (χ2v) is 11.5. The fourth-order valence-electron chi connectivity index (χ4n) is 3.60. The second-order valence-electron chi connectivity index (χ2n) is 10.3. The highest BCUT2D eigenvalue weighted by molar-refractivity contribution is 8.13. The van der Waals surface area contributed by atoms with Crippen LogP contribution < -0.4 is 32.3 Å². The summed E-state index contributed by atoms with van der Waals surface area (Å²) in [4.78, 5) is 72.9. The minimum atomic E-state index is -1.24. The molecule has 40 heavy (non-hydrogen) atoms. The Morgan fingerprint density at radius 2 is 1.43 bits per heavy atom. The molecule has 0 saturated heterocycles. The maximum Gasteiger partial charge on any atom is 0.326 e. The van der Waals surface area contributed by atoms with Crippen LogP contribution in [0.15, 0.2) is 0 Å². The number of aliphatic carboxylic acids is 1. The van der Waals surface area contributed by atoms with Crippen molar-refractivity contribution in [2.45, 2.75) is 72.4 Å². The fourth-order valence-corrected chi connectivity index (χ4v) is 4.32. The summed E-state index contributed by atoms with van der Waals surface area (Å²) < 4.78 is 0. The van der Waals surface area contributed by atoms with Gasteiger partial charge in [0.1, 0.15) is 12.1 Å². The molecule has 0 heterocycles. The van der Waals surface area contributed by atoms with Crippen molar-refractivity contribution in [2.24, 2.45) is 23.5 Å². The van der Waals surface area contributed by atoms with Crippen LogP contribution in [-0.4, -0.2) is 83.3 Å². The highest BCUT2D eigenvalue weighted by Gasteiger charge is 2.27. The second kappa shape index (κ2) is 19.7. The highest BCUT2D eigenvalue weighted by Crippen LogP contribution is 2.18. The molecule has 4 amide bonds. The number of guanidine groups is 1. The first-order chi connectivity index (χ1) is 18.6. The van der Waals surface area contributed by atoms with Gasteiger partial charge in [-0.05, 0) is 37.5 Å². The van der Waals surface area contributed by atoms with Crippen molar-refractivity contribution >= 4 is 52.4 Å². The van der Waals surface area contributed by atoms with E-state index in [0.29, 0.717) is 18.6 Å². The number of rotatable bonds is 19. The van der Waals surface area contributed by atoms with Crippen molar-refractivity contribution in [2.75, 3.05) is 25.4 Å². The molecule has 0 aromatic carbocycles. The van der Waals surface area contributed by atoms with Crippen molar-refractivity contribution in [3.8, 4) is 0 Å². The van der Waals surface area contributed by atoms with Crippen LogP contribution in [0.25, 0.3) is 0 Å². The molecule has 0 spiro atoms. The van der Waals surface area contributed by atoms with Gasteiger partial charge in [-0.25, -0.2) is 4.79 Å². The van der Waals surface area contributed by atoms with Crippen molar-refractivity contribution in [3.63, 3.8) is 0 Å². The Morgan fingerprint density at radius 3 is 1.95 bits per heavy atom. The molecule has 14 nitrogen and oxygen atoms in total. The third-order valence-electron chi connectivity index (χ3n) is 5.44. The minimum absolute atomic E-state index is 0.0103. The van der Waals surface area contributed by atoms with E-state index < -0.39 is 48.2 Å². The van der Waals surface area contributed by atoms with E-state index in [1.807, 2.05) is 27.7 Å². The molecule has 0 aliphatic heterocycles. The van der Waals surface area contributed by atoms with Gasteiger partial charge in [0.05, 0.1) is 13.1 Å². The molecule has 0 aliphatic rings. The van der Waals surface area contributed by atoms with Gasteiger partial charge in [-0.3, -0.25) is 29.4 Å². The number of amides is 4. The van der Waals surface area contributed by atoms with Gasteiger partial charge in [0.15, 0.2) is 11.1 Å². The van der Waals surface area contributed by atoms with Gasteiger partial charge in [-0.15, -0.1) is 0 Å². The van der Waals surface area contributed by atoms with Gasteiger partial charge in [0.25, 0.3) is 0 Å². The van der Waals surface area contributed by atoms with Crippen molar-refractivity contribution in [1.82, 2.24) is 26.6 Å². The molecule has 0 rings (SSSR count). The van der Waals surface area contributed by atoms with E-state index in [1.54, 1.807) is 0 Å². The van der Waals surface area contributed by atoms with Gasteiger partial charge in [-0.2, -0.15) is 0 Å². The molecule has 1 unspecified atom stereocenters. The largest absolute Gasteiger partial charge is 0.480 e. The lowest BCUT2D eigenvalue weighted by molar-refractivity contribution is -0.142. The predicted octanol–water partition coefficient (Wildman–Crippen LogP) is -0.476. The Balaban J connectivity index is 4.89. The van der Waals surface area contributed by atoms with Gasteiger partial charge < -0.3 is 37.4 Å². The number of carboxylic acid groups (broad SMARTS) is 1. The Hall–Kier alpha value is -3.36. The molecule has 0 fully saturated rings. The zero-order valence-corrected chi connectivity index (χ0v) is 24.7. The van der Waals surface area contributed by atoms with Crippen LogP contribution in [0, 0.1) is 23.2 Å². The summed E-state index contributed by atoms with van der Waals surface area (Å²) in [7, 11) is 0. The lowest BCUT2D eigenvalue weighted by Gasteiger charge is -2.23. The molecule has 15 heteroatoms. The third kappa shape index (κ3) is 18.0. The standard InChI is InChI=1S/C25H45N7O7S/c1-14(2)9-17(13-40-16(5)33)22(36)30-11-20(34)29-12-21(35)31-19(10-15(3)4)23(37)32-18(24(38)39)7-6-8-28-25(26)27/h14-15,17-19H,6-13H2,1-5H3,(H,29,34)(H,30,36)(H,31,35)(H,32,37)(H,38,39)(H4,26,27,28)/t17?,18-,19-/m0/s1. The van der Waals surface area contributed by atoms with Crippen molar-refractivity contribution in [1.29, 1.82) is 5.41 Å². The average molecular weight is 588 g/mol. The molecule has 0 bridgehead atoms. The maximum atomic E-state index is 12.8. The minimum Gasteiger partial charge on any atom is -0.480 e.